The predicted octanol–water partition coefficient (Wildman–Crippen LogP) is 2.95. The van der Waals surface area contributed by atoms with Crippen molar-refractivity contribution in [1.29, 1.82) is 0 Å². The van der Waals surface area contributed by atoms with E-state index < -0.39 is 11.7 Å². The highest BCUT2D eigenvalue weighted by Gasteiger charge is 2.18. The van der Waals surface area contributed by atoms with E-state index >= 15 is 0 Å². The Kier molecular flexibility index (Phi) is 4.31. The van der Waals surface area contributed by atoms with E-state index in [1.54, 1.807) is 63.7 Å². The molecule has 0 atom stereocenters. The van der Waals surface area contributed by atoms with Gasteiger partial charge in [0.25, 0.3) is 0 Å². The summed E-state index contributed by atoms with van der Waals surface area (Å²) < 4.78 is 13.5. The van der Waals surface area contributed by atoms with E-state index in [4.69, 9.17) is 14.9 Å². The van der Waals surface area contributed by atoms with Gasteiger partial charge in [-0.1, -0.05) is 0 Å². The number of carbonyl (C=O) groups is 1. The molecule has 0 saturated heterocycles. The van der Waals surface area contributed by atoms with Crippen molar-refractivity contribution in [3.05, 3.63) is 54.3 Å². The molecule has 29 heavy (non-hydrogen) atoms. The summed E-state index contributed by atoms with van der Waals surface area (Å²) in [5.41, 5.74) is 6.65. The molecule has 4 aromatic rings. The maximum absolute atomic E-state index is 12.3. The lowest BCUT2D eigenvalue weighted by atomic mass is 10.2. The smallest absolute Gasteiger partial charge is 0.419 e. The Hall–Kier alpha value is -4.06. The van der Waals surface area contributed by atoms with Crippen LogP contribution in [0, 0.1) is 11.8 Å². The zero-order valence-electron chi connectivity index (χ0n) is 16.1. The Bertz CT molecular complexity index is 1250. The van der Waals surface area contributed by atoms with E-state index in [0.29, 0.717) is 28.6 Å². The molecule has 0 spiro atoms. The number of fused-ring (bicyclic) bond motifs is 1. The molecule has 0 unspecified atom stereocenters. The number of furan rings is 1. The highest BCUT2D eigenvalue weighted by molar-refractivity contribution is 5.73. The van der Waals surface area contributed by atoms with Crippen LogP contribution in [0.4, 0.5) is 10.6 Å². The minimum absolute atomic E-state index is 0.185. The molecule has 146 valence electrons. The quantitative estimate of drug-likeness (QED) is 0.497. The first kappa shape index (κ1) is 18.3. The Morgan fingerprint density at radius 3 is 2.76 bits per heavy atom. The Morgan fingerprint density at radius 1 is 1.21 bits per heavy atom. The summed E-state index contributed by atoms with van der Waals surface area (Å²) in [5, 5.41) is 4.35. The van der Waals surface area contributed by atoms with Crippen LogP contribution < -0.4 is 5.73 Å². The number of hydrogen-bond acceptors (Lipinski definition) is 7. The molecule has 0 saturated carbocycles. The molecular formula is C20H18N6O3. The molecule has 4 rings (SSSR count). The number of nitrogens with two attached hydrogens (primary N) is 1. The molecule has 0 aliphatic carbocycles. The van der Waals surface area contributed by atoms with Crippen molar-refractivity contribution < 1.29 is 13.9 Å². The number of carbonyl (C=O) groups excluding carboxylic acids is 1. The molecule has 9 heteroatoms. The minimum atomic E-state index is -0.605. The van der Waals surface area contributed by atoms with Gasteiger partial charge >= 0.3 is 6.09 Å². The third kappa shape index (κ3) is 3.82. The number of nitrogen functional groups attached to an aromatic ring is 1. The summed E-state index contributed by atoms with van der Waals surface area (Å²) in [7, 11) is 0. The topological polar surface area (TPSA) is 113 Å². The number of aromatic nitrogens is 5. The molecule has 0 amide bonds. The van der Waals surface area contributed by atoms with Crippen LogP contribution in [0.1, 0.15) is 32.2 Å². The number of hydrogen-bond donors (Lipinski definition) is 1. The van der Waals surface area contributed by atoms with Gasteiger partial charge in [-0.25, -0.2) is 23.8 Å². The Balaban J connectivity index is 1.66. The van der Waals surface area contributed by atoms with Crippen LogP contribution in [-0.4, -0.2) is 35.8 Å². The predicted molar refractivity (Wildman–Crippen MR) is 105 cm³/mol. The van der Waals surface area contributed by atoms with Gasteiger partial charge in [0.1, 0.15) is 17.0 Å². The fourth-order valence-corrected chi connectivity index (χ4v) is 2.56. The van der Waals surface area contributed by atoms with Crippen molar-refractivity contribution in [1.82, 2.24) is 24.1 Å². The van der Waals surface area contributed by atoms with Crippen LogP contribution in [0.5, 0.6) is 0 Å². The summed E-state index contributed by atoms with van der Waals surface area (Å²) in [6, 6.07) is 6.93. The van der Waals surface area contributed by atoms with Crippen molar-refractivity contribution in [2.75, 3.05) is 5.73 Å². The largest absolute Gasteiger partial charge is 0.461 e. The van der Waals surface area contributed by atoms with Crippen molar-refractivity contribution in [3.63, 3.8) is 0 Å². The molecule has 0 aliphatic heterocycles. The van der Waals surface area contributed by atoms with Gasteiger partial charge in [-0.3, -0.25) is 0 Å². The van der Waals surface area contributed by atoms with Gasteiger partial charge in [0.15, 0.2) is 17.2 Å². The molecule has 4 aromatic heterocycles. The maximum Gasteiger partial charge on any atom is 0.419 e. The van der Waals surface area contributed by atoms with Crippen LogP contribution in [0.2, 0.25) is 0 Å². The second-order valence-electron chi connectivity index (χ2n) is 7.19. The minimum Gasteiger partial charge on any atom is -0.461 e. The average Bonchev–Trinajstić information content (AvgIpc) is 3.37. The molecular weight excluding hydrogens is 372 g/mol. The summed E-state index contributed by atoms with van der Waals surface area (Å²) in [6.07, 6.45) is 4.24. The van der Waals surface area contributed by atoms with Gasteiger partial charge in [0, 0.05) is 6.20 Å². The number of nitrogens with zero attached hydrogens (tertiary/aromatic N) is 5. The zero-order valence-corrected chi connectivity index (χ0v) is 16.1. The highest BCUT2D eigenvalue weighted by atomic mass is 16.6. The van der Waals surface area contributed by atoms with Crippen molar-refractivity contribution in [2.24, 2.45) is 0 Å². The third-order valence-corrected chi connectivity index (χ3v) is 3.75. The Morgan fingerprint density at radius 2 is 2.03 bits per heavy atom. The molecule has 4 heterocycles. The van der Waals surface area contributed by atoms with Crippen LogP contribution in [-0.2, 0) is 4.74 Å². The van der Waals surface area contributed by atoms with Crippen LogP contribution >= 0.6 is 0 Å². The van der Waals surface area contributed by atoms with Crippen molar-refractivity contribution in [3.8, 4) is 23.4 Å². The van der Waals surface area contributed by atoms with E-state index in [1.165, 1.54) is 9.08 Å². The number of rotatable bonds is 1. The normalized spacial score (nSPS) is 11.3. The summed E-state index contributed by atoms with van der Waals surface area (Å²) in [5.74, 6) is 6.92. The van der Waals surface area contributed by atoms with Gasteiger partial charge in [-0.15, -0.1) is 5.10 Å². The number of ether oxygens (including phenoxy) is 1. The van der Waals surface area contributed by atoms with Crippen LogP contribution in [0.15, 0.2) is 47.3 Å². The fourth-order valence-electron chi connectivity index (χ4n) is 2.56. The van der Waals surface area contributed by atoms with Crippen LogP contribution in [0.25, 0.3) is 17.2 Å². The van der Waals surface area contributed by atoms with Gasteiger partial charge in [0.05, 0.1) is 12.5 Å². The third-order valence-electron chi connectivity index (χ3n) is 3.75. The van der Waals surface area contributed by atoms with E-state index in [0.717, 1.165) is 0 Å². The standard InChI is InChI=1S/C20H18N6O3/c1-20(2,3)29-19(27)25-10-4-6-14(25)9-8-13-12-26-18(16(21)22-13)23-17(24-26)15-7-5-11-28-15/h4-7,10-12H,1-3H3,(H2,21,22). The van der Waals surface area contributed by atoms with Crippen molar-refractivity contribution in [2.45, 2.75) is 26.4 Å². The van der Waals surface area contributed by atoms with Crippen LogP contribution in [0.3, 0.4) is 0 Å². The highest BCUT2D eigenvalue weighted by Crippen LogP contribution is 2.19. The molecule has 0 aromatic carbocycles. The monoisotopic (exact) mass is 390 g/mol. The van der Waals surface area contributed by atoms with Gasteiger partial charge in [0.2, 0.25) is 5.82 Å². The molecule has 0 aliphatic rings. The SMILES string of the molecule is CC(C)(C)OC(=O)n1cccc1C#Cc1cn2nc(-c3ccco3)nc2c(N)n1. The summed E-state index contributed by atoms with van der Waals surface area (Å²) in [6.45, 7) is 5.41. The molecule has 9 nitrogen and oxygen atoms in total. The lowest BCUT2D eigenvalue weighted by molar-refractivity contribution is 0.0536. The fraction of sp³-hybridized carbons (Fsp3) is 0.200. The zero-order chi connectivity index (χ0) is 20.6. The first-order chi connectivity index (χ1) is 13.8. The van der Waals surface area contributed by atoms with Crippen molar-refractivity contribution >= 4 is 17.6 Å². The molecule has 2 N–H and O–H groups in total. The second kappa shape index (κ2) is 6.83. The first-order valence-corrected chi connectivity index (χ1v) is 8.80. The molecule has 0 radical (unpaired) electrons. The lowest BCUT2D eigenvalue weighted by Gasteiger charge is -2.19. The van der Waals surface area contributed by atoms with E-state index in [1.807, 2.05) is 0 Å². The Labute approximate surface area is 166 Å². The molecule has 0 bridgehead atoms. The van der Waals surface area contributed by atoms with E-state index in [9.17, 15) is 4.79 Å². The molecule has 0 fully saturated rings. The number of anilines is 1. The second-order valence-corrected chi connectivity index (χ2v) is 7.19. The van der Waals surface area contributed by atoms with Gasteiger partial charge in [-0.2, -0.15) is 0 Å². The van der Waals surface area contributed by atoms with Gasteiger partial charge in [-0.05, 0) is 56.9 Å². The first-order valence-electron chi connectivity index (χ1n) is 8.80. The van der Waals surface area contributed by atoms with E-state index in [2.05, 4.69) is 26.9 Å². The van der Waals surface area contributed by atoms with E-state index in [-0.39, 0.29) is 5.82 Å². The average molecular weight is 390 g/mol. The summed E-state index contributed by atoms with van der Waals surface area (Å²) in [4.78, 5) is 20.9. The summed E-state index contributed by atoms with van der Waals surface area (Å²) >= 11 is 0. The maximum atomic E-state index is 12.3. The lowest BCUT2D eigenvalue weighted by Crippen LogP contribution is -2.27. The van der Waals surface area contributed by atoms with Gasteiger partial charge < -0.3 is 14.9 Å².